The van der Waals surface area contributed by atoms with Crippen LogP contribution >= 0.6 is 11.8 Å². The zero-order valence-corrected chi connectivity index (χ0v) is 9.44. The van der Waals surface area contributed by atoms with Gasteiger partial charge in [0.25, 0.3) is 5.56 Å². The predicted molar refractivity (Wildman–Crippen MR) is 63.7 cm³/mol. The van der Waals surface area contributed by atoms with Crippen molar-refractivity contribution in [3.63, 3.8) is 0 Å². The topological polar surface area (TPSA) is 73.8 Å². The maximum absolute atomic E-state index is 11.9. The molecule has 0 atom stereocenters. The van der Waals surface area contributed by atoms with Crippen LogP contribution in [0.15, 0.2) is 40.3 Å². The molecular formula is C10H10N4OS. The Labute approximate surface area is 96.3 Å². The number of hydrogen-bond donors (Lipinski definition) is 1. The van der Waals surface area contributed by atoms with Gasteiger partial charge in [-0.3, -0.25) is 4.79 Å². The van der Waals surface area contributed by atoms with Gasteiger partial charge in [0.05, 0.1) is 0 Å². The Kier molecular flexibility index (Phi) is 2.91. The van der Waals surface area contributed by atoms with E-state index in [1.54, 1.807) is 18.4 Å². The van der Waals surface area contributed by atoms with Crippen molar-refractivity contribution in [2.45, 2.75) is 5.16 Å². The molecule has 16 heavy (non-hydrogen) atoms. The van der Waals surface area contributed by atoms with Gasteiger partial charge in [-0.25, -0.2) is 0 Å². The highest BCUT2D eigenvalue weighted by Crippen LogP contribution is 2.12. The molecule has 1 aromatic carbocycles. The Hall–Kier alpha value is -1.82. The molecule has 2 aromatic rings. The smallest absolute Gasteiger partial charge is 0.299 e. The summed E-state index contributed by atoms with van der Waals surface area (Å²) in [5.74, 6) is 5.61. The van der Waals surface area contributed by atoms with Crippen molar-refractivity contribution in [1.82, 2.24) is 14.9 Å². The number of nitrogen functional groups attached to an aromatic ring is 1. The fourth-order valence-corrected chi connectivity index (χ4v) is 1.70. The maximum Gasteiger partial charge on any atom is 0.299 e. The van der Waals surface area contributed by atoms with Gasteiger partial charge >= 0.3 is 0 Å². The van der Waals surface area contributed by atoms with Gasteiger partial charge < -0.3 is 5.84 Å². The number of nitrogens with two attached hydrogens (primary N) is 1. The van der Waals surface area contributed by atoms with Crippen LogP contribution in [0.5, 0.6) is 0 Å². The molecule has 2 N–H and O–H groups in total. The van der Waals surface area contributed by atoms with Gasteiger partial charge in [0.15, 0.2) is 5.69 Å². The van der Waals surface area contributed by atoms with Crippen molar-refractivity contribution in [3.8, 4) is 11.3 Å². The lowest BCUT2D eigenvalue weighted by atomic mass is 10.2. The van der Waals surface area contributed by atoms with E-state index in [1.807, 2.05) is 18.2 Å². The molecule has 0 spiro atoms. The van der Waals surface area contributed by atoms with Crippen molar-refractivity contribution < 1.29 is 0 Å². The van der Waals surface area contributed by atoms with E-state index in [4.69, 9.17) is 5.84 Å². The van der Waals surface area contributed by atoms with Crippen molar-refractivity contribution in [2.75, 3.05) is 12.1 Å². The van der Waals surface area contributed by atoms with E-state index in [-0.39, 0.29) is 11.3 Å². The van der Waals surface area contributed by atoms with Gasteiger partial charge in [-0.1, -0.05) is 42.1 Å². The number of hydrogen-bond acceptors (Lipinski definition) is 5. The minimum Gasteiger partial charge on any atom is -0.334 e. The summed E-state index contributed by atoms with van der Waals surface area (Å²) in [6.45, 7) is 0. The van der Waals surface area contributed by atoms with Crippen molar-refractivity contribution >= 4 is 11.8 Å². The zero-order chi connectivity index (χ0) is 11.5. The summed E-state index contributed by atoms with van der Waals surface area (Å²) in [5.41, 5.74) is 0.637. The highest BCUT2D eigenvalue weighted by Gasteiger charge is 2.10. The first-order valence-corrected chi connectivity index (χ1v) is 5.80. The van der Waals surface area contributed by atoms with Gasteiger partial charge in [-0.15, -0.1) is 10.2 Å². The summed E-state index contributed by atoms with van der Waals surface area (Å²) in [5, 5.41) is 8.17. The van der Waals surface area contributed by atoms with Gasteiger partial charge in [-0.05, 0) is 6.26 Å². The van der Waals surface area contributed by atoms with Gasteiger partial charge in [-0.2, -0.15) is 4.68 Å². The van der Waals surface area contributed by atoms with Crippen LogP contribution in [0.1, 0.15) is 0 Å². The molecule has 0 saturated carbocycles. The number of nitrogens with zero attached hydrogens (tertiary/aromatic N) is 3. The normalized spacial score (nSPS) is 10.3. The Bertz CT molecular complexity index is 552. The molecule has 0 unspecified atom stereocenters. The summed E-state index contributed by atoms with van der Waals surface area (Å²) in [4.78, 5) is 11.9. The Morgan fingerprint density at radius 1 is 1.25 bits per heavy atom. The molecular weight excluding hydrogens is 224 g/mol. The number of rotatable bonds is 2. The third-order valence-electron chi connectivity index (χ3n) is 2.09. The average molecular weight is 234 g/mol. The Morgan fingerprint density at radius 3 is 2.56 bits per heavy atom. The Balaban J connectivity index is 2.61. The summed E-state index contributed by atoms with van der Waals surface area (Å²) in [7, 11) is 0. The van der Waals surface area contributed by atoms with Crippen LogP contribution in [0.3, 0.4) is 0 Å². The van der Waals surface area contributed by atoms with Gasteiger partial charge in [0.2, 0.25) is 5.16 Å². The first-order valence-electron chi connectivity index (χ1n) is 4.58. The van der Waals surface area contributed by atoms with E-state index in [0.29, 0.717) is 10.7 Å². The first kappa shape index (κ1) is 10.7. The Morgan fingerprint density at radius 2 is 1.94 bits per heavy atom. The standard InChI is InChI=1S/C10H10N4OS/c1-16-10-13-12-8(9(15)14(10)11)7-5-3-2-4-6-7/h2-6H,11H2,1H3. The van der Waals surface area contributed by atoms with E-state index in [2.05, 4.69) is 10.2 Å². The summed E-state index contributed by atoms with van der Waals surface area (Å²) < 4.78 is 1.01. The second kappa shape index (κ2) is 4.36. The van der Waals surface area contributed by atoms with Gasteiger partial charge in [0, 0.05) is 5.56 Å². The molecule has 0 bridgehead atoms. The fourth-order valence-electron chi connectivity index (χ4n) is 1.30. The summed E-state index contributed by atoms with van der Waals surface area (Å²) in [6, 6.07) is 9.13. The van der Waals surface area contributed by atoms with Crippen LogP contribution in [0.25, 0.3) is 11.3 Å². The third-order valence-corrected chi connectivity index (χ3v) is 2.74. The van der Waals surface area contributed by atoms with E-state index in [0.717, 1.165) is 4.68 Å². The highest BCUT2D eigenvalue weighted by atomic mass is 32.2. The number of benzene rings is 1. The van der Waals surface area contributed by atoms with Crippen LogP contribution in [0.2, 0.25) is 0 Å². The van der Waals surface area contributed by atoms with Crippen LogP contribution in [0.4, 0.5) is 0 Å². The average Bonchev–Trinajstić information content (AvgIpc) is 2.34. The minimum atomic E-state index is -0.342. The molecule has 0 amide bonds. The summed E-state index contributed by atoms with van der Waals surface area (Å²) >= 11 is 1.28. The molecule has 0 radical (unpaired) electrons. The van der Waals surface area contributed by atoms with Crippen molar-refractivity contribution in [2.24, 2.45) is 0 Å². The lowest BCUT2D eigenvalue weighted by Crippen LogP contribution is -2.31. The second-order valence-corrected chi connectivity index (χ2v) is 3.85. The zero-order valence-electron chi connectivity index (χ0n) is 8.62. The third kappa shape index (κ3) is 1.79. The second-order valence-electron chi connectivity index (χ2n) is 3.08. The highest BCUT2D eigenvalue weighted by molar-refractivity contribution is 7.98. The fraction of sp³-hybridized carbons (Fsp3) is 0.100. The number of aromatic nitrogens is 3. The summed E-state index contributed by atoms with van der Waals surface area (Å²) in [6.07, 6.45) is 1.79. The largest absolute Gasteiger partial charge is 0.334 e. The van der Waals surface area contributed by atoms with E-state index >= 15 is 0 Å². The van der Waals surface area contributed by atoms with Crippen LogP contribution in [-0.2, 0) is 0 Å². The van der Waals surface area contributed by atoms with Crippen LogP contribution in [0, 0.1) is 0 Å². The van der Waals surface area contributed by atoms with Crippen molar-refractivity contribution in [3.05, 3.63) is 40.7 Å². The molecule has 0 aliphatic carbocycles. The van der Waals surface area contributed by atoms with Crippen LogP contribution in [-0.4, -0.2) is 21.1 Å². The maximum atomic E-state index is 11.9. The lowest BCUT2D eigenvalue weighted by molar-refractivity contribution is 0.705. The van der Waals surface area contributed by atoms with Gasteiger partial charge in [0.1, 0.15) is 0 Å². The van der Waals surface area contributed by atoms with Crippen LogP contribution < -0.4 is 11.4 Å². The molecule has 5 nitrogen and oxygen atoms in total. The molecule has 82 valence electrons. The van der Waals surface area contributed by atoms with E-state index in [1.165, 1.54) is 11.8 Å². The molecule has 0 aliphatic heterocycles. The van der Waals surface area contributed by atoms with E-state index < -0.39 is 0 Å². The predicted octanol–water partition coefficient (Wildman–Crippen LogP) is 0.741. The lowest BCUT2D eigenvalue weighted by Gasteiger charge is -2.05. The molecule has 0 saturated heterocycles. The molecule has 1 heterocycles. The molecule has 0 fully saturated rings. The minimum absolute atomic E-state index is 0.265. The SMILES string of the molecule is CSc1nnc(-c2ccccc2)c(=O)n1N. The molecule has 1 aromatic heterocycles. The molecule has 0 aliphatic rings. The number of thioether (sulfide) groups is 1. The monoisotopic (exact) mass is 234 g/mol. The molecule has 2 rings (SSSR count). The first-order chi connectivity index (χ1) is 7.74. The quantitative estimate of drug-likeness (QED) is 0.613. The molecule has 6 heteroatoms. The van der Waals surface area contributed by atoms with Crippen molar-refractivity contribution in [1.29, 1.82) is 0 Å². The van der Waals surface area contributed by atoms with E-state index in [9.17, 15) is 4.79 Å².